The average molecular weight is 691 g/mol. The molecule has 0 spiro atoms. The molecule has 2 aliphatic heterocycles. The van der Waals surface area contributed by atoms with Gasteiger partial charge in [0.2, 0.25) is 5.95 Å². The van der Waals surface area contributed by atoms with E-state index in [0.29, 0.717) is 6.29 Å². The molecule has 10 atom stereocenters. The zero-order chi connectivity index (χ0) is 32.0. The number of nitrogens with two attached hydrogens (primary N) is 2. The second-order valence-electron chi connectivity index (χ2n) is 10.1. The molecule has 0 aromatic carbocycles. The Morgan fingerprint density at radius 1 is 1.04 bits per heavy atom. The molecule has 242 valence electrons. The zero-order valence-corrected chi connectivity index (χ0v) is 25.8. The number of H-pyrrole nitrogens is 1. The number of halogens is 2. The number of carbonyl (C=O) groups excluding carboxylic acids is 1. The van der Waals surface area contributed by atoms with Crippen molar-refractivity contribution in [3.63, 3.8) is 0 Å². The van der Waals surface area contributed by atoms with Crippen LogP contribution in [0.15, 0.2) is 23.8 Å². The molecule has 2 aliphatic rings. The summed E-state index contributed by atoms with van der Waals surface area (Å²) in [5.74, 6) is -1.20. The molecule has 4 aromatic rings. The number of fused-ring (bicyclic) bond motifs is 2. The van der Waals surface area contributed by atoms with Gasteiger partial charge in [0.1, 0.15) is 48.8 Å². The van der Waals surface area contributed by atoms with Gasteiger partial charge in [-0.25, -0.2) is 33.3 Å². The van der Waals surface area contributed by atoms with Crippen LogP contribution in [0.3, 0.4) is 0 Å². The van der Waals surface area contributed by atoms with Gasteiger partial charge in [-0.3, -0.25) is 28.0 Å². The Hall–Kier alpha value is -3.16. The van der Waals surface area contributed by atoms with Crippen molar-refractivity contribution in [3.8, 4) is 0 Å². The van der Waals surface area contributed by atoms with Crippen LogP contribution in [-0.4, -0.2) is 89.2 Å². The Labute approximate surface area is 258 Å². The maximum Gasteiger partial charge on any atom is 0.386 e. The van der Waals surface area contributed by atoms with E-state index in [4.69, 9.17) is 34.5 Å². The van der Waals surface area contributed by atoms with Crippen LogP contribution >= 0.6 is 28.5 Å². The zero-order valence-electron chi connectivity index (χ0n) is 22.8. The summed E-state index contributed by atoms with van der Waals surface area (Å²) in [5.41, 5.74) is 11.2. The lowest BCUT2D eigenvalue weighted by Gasteiger charge is -2.23. The largest absolute Gasteiger partial charge is 0.386 e. The van der Waals surface area contributed by atoms with Gasteiger partial charge in [0.25, 0.3) is 5.56 Å². The Kier molecular flexibility index (Phi) is 8.88. The minimum atomic E-state index is -4.41. The monoisotopic (exact) mass is 690 g/mol. The molecule has 2 fully saturated rings. The molecule has 0 aliphatic carbocycles. The topological polar surface area (TPSA) is 239 Å². The van der Waals surface area contributed by atoms with Gasteiger partial charge in [-0.2, -0.15) is 4.98 Å². The summed E-state index contributed by atoms with van der Waals surface area (Å²) in [4.78, 5) is 46.0. The molecule has 0 saturated carbocycles. The van der Waals surface area contributed by atoms with E-state index in [9.17, 15) is 14.2 Å². The third-order valence-corrected chi connectivity index (χ3v) is 9.19. The van der Waals surface area contributed by atoms with Crippen molar-refractivity contribution < 1.29 is 41.2 Å². The summed E-state index contributed by atoms with van der Waals surface area (Å²) in [6.45, 7) is -5.28. The van der Waals surface area contributed by atoms with Crippen LogP contribution < -0.4 is 17.0 Å². The van der Waals surface area contributed by atoms with Crippen molar-refractivity contribution in [2.24, 2.45) is 5.92 Å². The van der Waals surface area contributed by atoms with E-state index < -0.39 is 68.0 Å². The summed E-state index contributed by atoms with van der Waals surface area (Å²) in [5, 5.41) is 0. The molecule has 23 heteroatoms. The van der Waals surface area contributed by atoms with Crippen LogP contribution in [0, 0.1) is 5.92 Å². The standard InChI is InChI=1S/C22H26F2N10O8P2S/c23-11-8(1-2-35)20(34-7-30-14-18(34)31-22(26)32-19(14)36)40-9(11)4-39-44(37,45)42-15-10(3-38-43)41-21(12(15)24)33-6-29-13-16(25)27-5-28-17(13)33/h2,5-12,15,20-21H,1,3-4,43H2,(H,37,45)(H2,25,27,28)(H3,26,31,32,36)/t8-,9-,10-,11+,12-,15-,20-,21-,44-/m1/s1. The number of ether oxygens (including phenoxy) is 2. The average Bonchev–Trinajstić information content (AvgIpc) is 3.75. The highest BCUT2D eigenvalue weighted by atomic mass is 32.7. The highest BCUT2D eigenvalue weighted by molar-refractivity contribution is 8.44. The van der Waals surface area contributed by atoms with Crippen LogP contribution in [0.25, 0.3) is 22.3 Å². The minimum absolute atomic E-state index is 0.000983. The molecule has 6 heterocycles. The van der Waals surface area contributed by atoms with Gasteiger partial charge in [-0.1, -0.05) is 12.2 Å². The first kappa shape index (κ1) is 31.8. The van der Waals surface area contributed by atoms with E-state index in [0.717, 1.165) is 0 Å². The van der Waals surface area contributed by atoms with Crippen LogP contribution in [0.4, 0.5) is 20.5 Å². The summed E-state index contributed by atoms with van der Waals surface area (Å²) < 4.78 is 74.9. The predicted octanol–water partition coefficient (Wildman–Crippen LogP) is 1.05. The third kappa shape index (κ3) is 5.94. The van der Waals surface area contributed by atoms with Gasteiger partial charge in [0, 0.05) is 21.8 Å². The number of nitrogen functional groups attached to an aromatic ring is 2. The number of aromatic nitrogens is 8. The highest BCUT2D eigenvalue weighted by Gasteiger charge is 2.51. The first-order valence-corrected chi connectivity index (χ1v) is 16.3. The molecular formula is C22H26F2N10O8P2S. The number of thiol groups is 1. The minimum Gasteiger partial charge on any atom is -0.382 e. The fourth-order valence-corrected chi connectivity index (χ4v) is 7.03. The number of carbonyl (C=O) groups is 1. The van der Waals surface area contributed by atoms with Gasteiger partial charge in [-0.15, -0.1) is 0 Å². The van der Waals surface area contributed by atoms with Crippen molar-refractivity contribution >= 4 is 68.9 Å². The SMILES string of the molecule is Nc1nc2c(ncn2[C@@H]2O[C@H](CO[P@@](=O)(S)O[C@H]3[C@@H](F)[C@H](n4cnc5c(N)ncnc54)O[C@@H]3COP)[C@@H](F)[C@H]2CC=O)c(=O)[nH]1. The van der Waals surface area contributed by atoms with Crippen LogP contribution in [0.2, 0.25) is 0 Å². The van der Waals surface area contributed by atoms with Crippen LogP contribution in [-0.2, 0) is 32.4 Å². The lowest BCUT2D eigenvalue weighted by molar-refractivity contribution is -0.109. The number of hydrogen-bond donors (Lipinski definition) is 4. The second kappa shape index (κ2) is 12.6. The van der Waals surface area contributed by atoms with Crippen LogP contribution in [0.1, 0.15) is 18.9 Å². The number of hydrogen-bond acceptors (Lipinski definition) is 15. The predicted molar refractivity (Wildman–Crippen MR) is 157 cm³/mol. The highest BCUT2D eigenvalue weighted by Crippen LogP contribution is 2.57. The van der Waals surface area contributed by atoms with Crippen LogP contribution in [0.5, 0.6) is 0 Å². The van der Waals surface area contributed by atoms with Gasteiger partial charge in [0.05, 0.1) is 25.9 Å². The molecule has 2 saturated heterocycles. The molecule has 18 nitrogen and oxygen atoms in total. The van der Waals surface area contributed by atoms with Gasteiger partial charge in [-0.05, 0) is 0 Å². The first-order valence-electron chi connectivity index (χ1n) is 13.2. The molecular weight excluding hydrogens is 664 g/mol. The Bertz CT molecular complexity index is 1830. The smallest absolute Gasteiger partial charge is 0.382 e. The van der Waals surface area contributed by atoms with Crippen molar-refractivity contribution in [1.82, 2.24) is 39.0 Å². The lowest BCUT2D eigenvalue weighted by Crippen LogP contribution is -2.33. The normalized spacial score (nSPS) is 29.9. The number of nitrogens with zero attached hydrogens (tertiary/aromatic N) is 7. The van der Waals surface area contributed by atoms with Crippen molar-refractivity contribution in [3.05, 3.63) is 29.3 Å². The maximum atomic E-state index is 15.9. The van der Waals surface area contributed by atoms with Crippen molar-refractivity contribution in [2.75, 3.05) is 24.7 Å². The van der Waals surface area contributed by atoms with E-state index in [1.54, 1.807) is 0 Å². The van der Waals surface area contributed by atoms with Gasteiger partial charge >= 0.3 is 6.80 Å². The number of anilines is 2. The Morgan fingerprint density at radius 2 is 1.76 bits per heavy atom. The number of aldehydes is 1. The van der Waals surface area contributed by atoms with Crippen molar-refractivity contribution in [1.29, 1.82) is 0 Å². The summed E-state index contributed by atoms with van der Waals surface area (Å²) in [7, 11) is 1.99. The molecule has 4 aromatic heterocycles. The number of aromatic amines is 1. The number of rotatable bonds is 11. The molecule has 0 amide bonds. The number of nitrogens with one attached hydrogen (secondary N) is 1. The quantitative estimate of drug-likeness (QED) is 0.0977. The number of alkyl halides is 2. The lowest BCUT2D eigenvalue weighted by atomic mass is 9.98. The molecule has 0 bridgehead atoms. The van der Waals surface area contributed by atoms with Crippen molar-refractivity contribution in [2.45, 2.75) is 49.5 Å². The molecule has 6 rings (SSSR count). The molecule has 0 radical (unpaired) electrons. The third-order valence-electron chi connectivity index (χ3n) is 7.38. The van der Waals surface area contributed by atoms with E-state index in [2.05, 4.69) is 42.2 Å². The first-order chi connectivity index (χ1) is 21.5. The number of imidazole rings is 2. The fourth-order valence-electron chi connectivity index (χ4n) is 5.36. The maximum absolute atomic E-state index is 15.9. The summed E-state index contributed by atoms with van der Waals surface area (Å²) in [6.07, 6.45) is -6.42. The Balaban J connectivity index is 1.18. The second-order valence-corrected chi connectivity index (χ2v) is 13.3. The van der Waals surface area contributed by atoms with Gasteiger partial charge < -0.3 is 30.3 Å². The van der Waals surface area contributed by atoms with E-state index in [1.807, 2.05) is 9.47 Å². The molecule has 5 N–H and O–H groups in total. The molecule has 45 heavy (non-hydrogen) atoms. The van der Waals surface area contributed by atoms with E-state index >= 15 is 8.78 Å². The molecule has 1 unspecified atom stereocenters. The fraction of sp³-hybridized carbons (Fsp3) is 0.500. The van der Waals surface area contributed by atoms with E-state index in [1.165, 1.54) is 28.1 Å². The van der Waals surface area contributed by atoms with Gasteiger partial charge in [0.15, 0.2) is 35.0 Å². The Morgan fingerprint density at radius 3 is 2.49 bits per heavy atom. The summed E-state index contributed by atoms with van der Waals surface area (Å²) >= 11 is 3.98. The summed E-state index contributed by atoms with van der Waals surface area (Å²) in [6, 6.07) is 0. The van der Waals surface area contributed by atoms with E-state index in [-0.39, 0.29) is 47.1 Å².